The first kappa shape index (κ1) is 8.36. The van der Waals surface area contributed by atoms with E-state index in [9.17, 15) is 0 Å². The fourth-order valence-electron chi connectivity index (χ4n) is 1.82. The fourth-order valence-corrected chi connectivity index (χ4v) is 1.82. The summed E-state index contributed by atoms with van der Waals surface area (Å²) in [6.45, 7) is 9.82. The lowest BCUT2D eigenvalue weighted by molar-refractivity contribution is 0.739. The van der Waals surface area contributed by atoms with E-state index in [2.05, 4.69) is 30.8 Å². The van der Waals surface area contributed by atoms with Gasteiger partial charge in [0.15, 0.2) is 0 Å². The highest BCUT2D eigenvalue weighted by molar-refractivity contribution is 5.65. The van der Waals surface area contributed by atoms with Gasteiger partial charge < -0.3 is 4.57 Å². The highest BCUT2D eigenvalue weighted by Crippen LogP contribution is 2.38. The number of rotatable bonds is 3. The molecule has 0 saturated heterocycles. The van der Waals surface area contributed by atoms with Crippen molar-refractivity contribution < 1.29 is 0 Å². The summed E-state index contributed by atoms with van der Waals surface area (Å²) in [6, 6.07) is 0.723. The Bertz CT molecular complexity index is 353. The topological polar surface area (TPSA) is 4.93 Å². The van der Waals surface area contributed by atoms with E-state index in [0.29, 0.717) is 0 Å². The van der Waals surface area contributed by atoms with Crippen LogP contribution in [0.5, 0.6) is 0 Å². The highest BCUT2D eigenvalue weighted by atomic mass is 15.0. The van der Waals surface area contributed by atoms with Gasteiger partial charge in [-0.25, -0.2) is 0 Å². The molecule has 0 unspecified atom stereocenters. The summed E-state index contributed by atoms with van der Waals surface area (Å²) in [5, 5.41) is 0. The van der Waals surface area contributed by atoms with E-state index in [1.54, 1.807) is 0 Å². The smallest absolute Gasteiger partial charge is 0.0479 e. The summed E-state index contributed by atoms with van der Waals surface area (Å²) >= 11 is 0. The maximum Gasteiger partial charge on any atom is 0.0479 e. The summed E-state index contributed by atoms with van der Waals surface area (Å²) in [5.74, 6) is 0. The van der Waals surface area contributed by atoms with Crippen LogP contribution in [-0.2, 0) is 0 Å². The third-order valence-electron chi connectivity index (χ3n) is 2.65. The fraction of sp³-hybridized carbons (Fsp3) is 0.333. The summed E-state index contributed by atoms with van der Waals surface area (Å²) in [4.78, 5) is 0. The molecule has 1 nitrogen and oxygen atoms in total. The maximum absolute atomic E-state index is 3.86. The largest absolute Gasteiger partial charge is 0.344 e. The lowest BCUT2D eigenvalue weighted by Gasteiger charge is -2.03. The molecule has 1 saturated carbocycles. The van der Waals surface area contributed by atoms with E-state index >= 15 is 0 Å². The van der Waals surface area contributed by atoms with Crippen molar-refractivity contribution in [2.45, 2.75) is 25.8 Å². The highest BCUT2D eigenvalue weighted by Gasteiger charge is 2.25. The van der Waals surface area contributed by atoms with Crippen LogP contribution < -0.4 is 0 Å². The average molecular weight is 173 g/mol. The number of hydrogen-bond donors (Lipinski definition) is 0. The summed E-state index contributed by atoms with van der Waals surface area (Å²) in [6.07, 6.45) is 8.69. The van der Waals surface area contributed by atoms with E-state index in [1.165, 1.54) is 29.7 Å². The number of hydrogen-bond acceptors (Lipinski definition) is 0. The van der Waals surface area contributed by atoms with Gasteiger partial charge in [0, 0.05) is 23.5 Å². The summed E-state index contributed by atoms with van der Waals surface area (Å²) in [7, 11) is 0. The molecule has 0 radical (unpaired) electrons. The first-order chi connectivity index (χ1) is 6.27. The number of aryl methyl sites for hydroxylation is 1. The van der Waals surface area contributed by atoms with Gasteiger partial charge in [-0.2, -0.15) is 0 Å². The van der Waals surface area contributed by atoms with Crippen LogP contribution in [0.3, 0.4) is 0 Å². The predicted octanol–water partition coefficient (Wildman–Crippen LogP) is 3.42. The normalized spacial score (nSPS) is 15.8. The predicted molar refractivity (Wildman–Crippen MR) is 57.6 cm³/mol. The van der Waals surface area contributed by atoms with Gasteiger partial charge in [-0.3, -0.25) is 0 Å². The second kappa shape index (κ2) is 2.91. The van der Waals surface area contributed by atoms with E-state index in [0.717, 1.165) is 6.04 Å². The Hall–Kier alpha value is -1.24. The van der Waals surface area contributed by atoms with Crippen LogP contribution >= 0.6 is 0 Å². The molecule has 1 aromatic rings. The molecule has 0 atom stereocenters. The molecule has 1 fully saturated rings. The lowest BCUT2D eigenvalue weighted by Crippen LogP contribution is -1.94. The van der Waals surface area contributed by atoms with Gasteiger partial charge in [-0.15, -0.1) is 0 Å². The van der Waals surface area contributed by atoms with Crippen LogP contribution in [-0.4, -0.2) is 4.57 Å². The Labute approximate surface area is 79.4 Å². The van der Waals surface area contributed by atoms with Crippen molar-refractivity contribution in [3.05, 3.63) is 36.2 Å². The Kier molecular flexibility index (Phi) is 1.87. The molecule has 2 rings (SSSR count). The van der Waals surface area contributed by atoms with Crippen molar-refractivity contribution in [2.24, 2.45) is 0 Å². The van der Waals surface area contributed by atoms with Crippen LogP contribution in [0.15, 0.2) is 19.4 Å². The van der Waals surface area contributed by atoms with Crippen LogP contribution in [0, 0.1) is 6.92 Å². The van der Waals surface area contributed by atoms with Crippen molar-refractivity contribution >= 4 is 12.2 Å². The van der Waals surface area contributed by atoms with Crippen molar-refractivity contribution in [3.8, 4) is 0 Å². The van der Waals surface area contributed by atoms with Gasteiger partial charge in [-0.05, 0) is 31.4 Å². The Morgan fingerprint density at radius 1 is 1.38 bits per heavy atom. The third-order valence-corrected chi connectivity index (χ3v) is 2.65. The van der Waals surface area contributed by atoms with Gasteiger partial charge in [0.05, 0.1) is 0 Å². The molecule has 1 aliphatic carbocycles. The molecule has 1 heterocycles. The van der Waals surface area contributed by atoms with Crippen molar-refractivity contribution in [3.63, 3.8) is 0 Å². The zero-order valence-electron chi connectivity index (χ0n) is 8.09. The monoisotopic (exact) mass is 173 g/mol. The van der Waals surface area contributed by atoms with E-state index in [4.69, 9.17) is 0 Å². The minimum absolute atomic E-state index is 0.723. The first-order valence-corrected chi connectivity index (χ1v) is 4.74. The minimum atomic E-state index is 0.723. The molecule has 0 amide bonds. The van der Waals surface area contributed by atoms with Gasteiger partial charge in [0.25, 0.3) is 0 Å². The zero-order chi connectivity index (χ0) is 9.42. The second-order valence-electron chi connectivity index (χ2n) is 3.66. The molecule has 1 aliphatic rings. The van der Waals surface area contributed by atoms with Crippen LogP contribution in [0.2, 0.25) is 0 Å². The van der Waals surface area contributed by atoms with Crippen LogP contribution in [0.1, 0.15) is 35.7 Å². The Morgan fingerprint density at radius 2 is 2.08 bits per heavy atom. The molecular weight excluding hydrogens is 158 g/mol. The van der Waals surface area contributed by atoms with E-state index in [-0.39, 0.29) is 0 Å². The molecule has 0 spiro atoms. The van der Waals surface area contributed by atoms with Crippen molar-refractivity contribution in [1.82, 2.24) is 4.57 Å². The molecule has 0 aliphatic heterocycles. The standard InChI is InChI=1S/C12H15N/c1-4-11-9(3)8-13(10-6-7-10)12(11)5-2/h4-5,8,10H,1-2,6-7H2,3H3. The molecule has 68 valence electrons. The van der Waals surface area contributed by atoms with Crippen molar-refractivity contribution in [2.75, 3.05) is 0 Å². The first-order valence-electron chi connectivity index (χ1n) is 4.74. The quantitative estimate of drug-likeness (QED) is 0.660. The molecule has 0 bridgehead atoms. The molecule has 0 N–H and O–H groups in total. The van der Waals surface area contributed by atoms with E-state index < -0.39 is 0 Å². The lowest BCUT2D eigenvalue weighted by atomic mass is 10.1. The summed E-state index contributed by atoms with van der Waals surface area (Å²) < 4.78 is 2.33. The maximum atomic E-state index is 3.86. The Morgan fingerprint density at radius 3 is 2.54 bits per heavy atom. The molecule has 1 heteroatoms. The number of aromatic nitrogens is 1. The van der Waals surface area contributed by atoms with Crippen LogP contribution in [0.25, 0.3) is 12.2 Å². The van der Waals surface area contributed by atoms with Gasteiger partial charge in [-0.1, -0.05) is 19.2 Å². The minimum Gasteiger partial charge on any atom is -0.344 e. The van der Waals surface area contributed by atoms with Crippen LogP contribution in [0.4, 0.5) is 0 Å². The number of nitrogens with zero attached hydrogens (tertiary/aromatic N) is 1. The zero-order valence-corrected chi connectivity index (χ0v) is 8.09. The molecule has 0 aromatic carbocycles. The Balaban J connectivity index is 2.55. The van der Waals surface area contributed by atoms with Gasteiger partial charge in [0.2, 0.25) is 0 Å². The third kappa shape index (κ3) is 1.24. The van der Waals surface area contributed by atoms with Gasteiger partial charge >= 0.3 is 0 Å². The molecule has 13 heavy (non-hydrogen) atoms. The molecule has 1 aromatic heterocycles. The summed E-state index contributed by atoms with van der Waals surface area (Å²) in [5.41, 5.74) is 3.77. The van der Waals surface area contributed by atoms with Gasteiger partial charge in [0.1, 0.15) is 0 Å². The average Bonchev–Trinajstić information content (AvgIpc) is 2.90. The van der Waals surface area contributed by atoms with E-state index in [1.807, 2.05) is 12.2 Å². The van der Waals surface area contributed by atoms with Crippen molar-refractivity contribution in [1.29, 1.82) is 0 Å². The SMILES string of the molecule is C=Cc1c(C)cn(C2CC2)c1C=C. The second-order valence-corrected chi connectivity index (χ2v) is 3.66. The molecular formula is C12H15N.